The lowest BCUT2D eigenvalue weighted by atomic mass is 9.87. The highest BCUT2D eigenvalue weighted by Crippen LogP contribution is 2.82. The van der Waals surface area contributed by atoms with Gasteiger partial charge in [0.1, 0.15) is 0 Å². The van der Waals surface area contributed by atoms with Crippen LogP contribution in [-0.4, -0.2) is 10.7 Å². The minimum absolute atomic E-state index is 0.303. The van der Waals surface area contributed by atoms with E-state index in [9.17, 15) is 5.11 Å². The standard InChI is InChI=1S/C9H14O/c1-8-6-3-5(4-7(6)8)9(8,2)10/h5-7,10H,3-4H2,1-2H3. The Morgan fingerprint density at radius 3 is 1.80 bits per heavy atom. The van der Waals surface area contributed by atoms with Gasteiger partial charge in [0.05, 0.1) is 5.60 Å². The fourth-order valence-corrected chi connectivity index (χ4v) is 3.87. The molecule has 0 aromatic rings. The SMILES string of the molecule is CC1(O)C2CC3C(C2)C31C. The third-order valence-corrected chi connectivity index (χ3v) is 4.88. The van der Waals surface area contributed by atoms with Crippen LogP contribution in [0.2, 0.25) is 0 Å². The zero-order valence-corrected chi connectivity index (χ0v) is 6.59. The Labute approximate surface area is 61.4 Å². The highest BCUT2D eigenvalue weighted by Gasteiger charge is 2.81. The molecule has 1 nitrogen and oxygen atoms in total. The molecule has 4 rings (SSSR count). The molecule has 0 aliphatic heterocycles. The summed E-state index contributed by atoms with van der Waals surface area (Å²) in [5.41, 5.74) is 0.0417. The number of hydrogen-bond acceptors (Lipinski definition) is 1. The van der Waals surface area contributed by atoms with E-state index in [1.54, 1.807) is 0 Å². The summed E-state index contributed by atoms with van der Waals surface area (Å²) in [7, 11) is 0. The molecular formula is C9H14O. The fraction of sp³-hybridized carbons (Fsp3) is 1.00. The third-order valence-electron chi connectivity index (χ3n) is 4.88. The van der Waals surface area contributed by atoms with Gasteiger partial charge in [0, 0.05) is 5.41 Å². The van der Waals surface area contributed by atoms with E-state index in [1.807, 2.05) is 6.92 Å². The van der Waals surface area contributed by atoms with Crippen molar-refractivity contribution in [3.05, 3.63) is 0 Å². The second-order valence-electron chi connectivity index (χ2n) is 4.81. The van der Waals surface area contributed by atoms with Gasteiger partial charge in [-0.2, -0.15) is 0 Å². The average Bonchev–Trinajstić information content (AvgIpc) is 2.30. The Kier molecular flexibility index (Phi) is 0.602. The topological polar surface area (TPSA) is 20.2 Å². The van der Waals surface area contributed by atoms with Crippen LogP contribution in [0.15, 0.2) is 0 Å². The number of hydrogen-bond donors (Lipinski definition) is 1. The van der Waals surface area contributed by atoms with Crippen LogP contribution in [0.3, 0.4) is 0 Å². The molecule has 10 heavy (non-hydrogen) atoms. The second-order valence-corrected chi connectivity index (χ2v) is 4.81. The molecule has 56 valence electrons. The first-order valence-electron chi connectivity index (χ1n) is 4.31. The monoisotopic (exact) mass is 138 g/mol. The van der Waals surface area contributed by atoms with E-state index in [0.717, 1.165) is 11.8 Å². The van der Waals surface area contributed by atoms with Crippen molar-refractivity contribution in [1.29, 1.82) is 0 Å². The van der Waals surface area contributed by atoms with Gasteiger partial charge in [-0.25, -0.2) is 0 Å². The number of rotatable bonds is 0. The van der Waals surface area contributed by atoms with Crippen molar-refractivity contribution in [2.45, 2.75) is 32.3 Å². The normalized spacial score (nSPS) is 76.5. The van der Waals surface area contributed by atoms with Gasteiger partial charge in [-0.15, -0.1) is 0 Å². The second kappa shape index (κ2) is 1.08. The predicted molar refractivity (Wildman–Crippen MR) is 38.4 cm³/mol. The third kappa shape index (κ3) is 0.282. The van der Waals surface area contributed by atoms with Crippen LogP contribution in [0, 0.1) is 23.2 Å². The lowest BCUT2D eigenvalue weighted by Gasteiger charge is -2.27. The van der Waals surface area contributed by atoms with Gasteiger partial charge < -0.3 is 5.11 Å². The number of aliphatic hydroxyl groups is 1. The minimum atomic E-state index is -0.303. The summed E-state index contributed by atoms with van der Waals surface area (Å²) in [4.78, 5) is 0. The summed E-state index contributed by atoms with van der Waals surface area (Å²) in [6, 6.07) is 0. The smallest absolute Gasteiger partial charge is 0.0706 e. The van der Waals surface area contributed by atoms with Crippen LogP contribution >= 0.6 is 0 Å². The average molecular weight is 138 g/mol. The molecule has 3 unspecified atom stereocenters. The Balaban J connectivity index is 2.17. The largest absolute Gasteiger partial charge is 0.389 e. The van der Waals surface area contributed by atoms with Crippen LogP contribution in [-0.2, 0) is 0 Å². The quantitative estimate of drug-likeness (QED) is 0.536. The van der Waals surface area contributed by atoms with Gasteiger partial charge >= 0.3 is 0 Å². The lowest BCUT2D eigenvalue weighted by Crippen LogP contribution is -2.34. The van der Waals surface area contributed by atoms with Crippen LogP contribution in [0.4, 0.5) is 0 Å². The molecule has 4 fully saturated rings. The van der Waals surface area contributed by atoms with Crippen LogP contribution in [0.5, 0.6) is 0 Å². The molecule has 4 saturated carbocycles. The summed E-state index contributed by atoms with van der Waals surface area (Å²) >= 11 is 0. The van der Waals surface area contributed by atoms with Crippen molar-refractivity contribution < 1.29 is 5.11 Å². The maximum atomic E-state index is 10.1. The molecule has 0 radical (unpaired) electrons. The first kappa shape index (κ1) is 5.59. The van der Waals surface area contributed by atoms with Gasteiger partial charge in [0.2, 0.25) is 0 Å². The van der Waals surface area contributed by atoms with Crippen LogP contribution in [0.25, 0.3) is 0 Å². The zero-order chi connectivity index (χ0) is 7.15. The Morgan fingerprint density at radius 1 is 1.20 bits per heavy atom. The predicted octanol–water partition coefficient (Wildman–Crippen LogP) is 1.41. The highest BCUT2D eigenvalue weighted by atomic mass is 16.3. The summed E-state index contributed by atoms with van der Waals surface area (Å²) in [5, 5.41) is 10.1. The van der Waals surface area contributed by atoms with Gasteiger partial charge in [-0.1, -0.05) is 6.92 Å². The maximum absolute atomic E-state index is 10.1. The molecular weight excluding hydrogens is 124 g/mol. The summed E-state index contributed by atoms with van der Waals surface area (Å²) in [6.45, 7) is 4.32. The van der Waals surface area contributed by atoms with Crippen molar-refractivity contribution in [2.24, 2.45) is 23.2 Å². The van der Waals surface area contributed by atoms with E-state index in [2.05, 4.69) is 6.92 Å². The molecule has 0 spiro atoms. The van der Waals surface area contributed by atoms with E-state index in [4.69, 9.17) is 0 Å². The van der Waals surface area contributed by atoms with E-state index in [-0.39, 0.29) is 5.60 Å². The van der Waals surface area contributed by atoms with E-state index < -0.39 is 0 Å². The van der Waals surface area contributed by atoms with Gasteiger partial charge in [0.25, 0.3) is 0 Å². The highest BCUT2D eigenvalue weighted by molar-refractivity contribution is 5.30. The minimum Gasteiger partial charge on any atom is -0.389 e. The van der Waals surface area contributed by atoms with Gasteiger partial charge in [0.15, 0.2) is 0 Å². The van der Waals surface area contributed by atoms with E-state index in [0.29, 0.717) is 11.3 Å². The molecule has 0 saturated heterocycles. The zero-order valence-electron chi connectivity index (χ0n) is 6.59. The molecule has 1 heteroatoms. The molecule has 4 aliphatic carbocycles. The molecule has 0 heterocycles. The summed E-state index contributed by atoms with van der Waals surface area (Å²) in [6.07, 6.45) is 2.63. The lowest BCUT2D eigenvalue weighted by molar-refractivity contribution is -0.0141. The van der Waals surface area contributed by atoms with Crippen molar-refractivity contribution in [1.82, 2.24) is 0 Å². The molecule has 4 aliphatic rings. The first-order valence-corrected chi connectivity index (χ1v) is 4.31. The molecule has 1 N–H and O–H groups in total. The van der Waals surface area contributed by atoms with Crippen molar-refractivity contribution >= 4 is 0 Å². The van der Waals surface area contributed by atoms with E-state index in [1.165, 1.54) is 12.8 Å². The Hall–Kier alpha value is -0.0400. The fourth-order valence-electron chi connectivity index (χ4n) is 3.87. The van der Waals surface area contributed by atoms with Crippen LogP contribution in [0.1, 0.15) is 26.7 Å². The van der Waals surface area contributed by atoms with Crippen molar-refractivity contribution in [3.63, 3.8) is 0 Å². The van der Waals surface area contributed by atoms with Crippen molar-refractivity contribution in [2.75, 3.05) is 0 Å². The molecule has 3 atom stereocenters. The summed E-state index contributed by atoms with van der Waals surface area (Å²) < 4.78 is 0. The Morgan fingerprint density at radius 2 is 1.70 bits per heavy atom. The molecule has 4 bridgehead atoms. The maximum Gasteiger partial charge on any atom is 0.0706 e. The Bertz CT molecular complexity index is 192. The molecule has 0 aromatic carbocycles. The first-order chi connectivity index (χ1) is 4.58. The van der Waals surface area contributed by atoms with Gasteiger partial charge in [-0.05, 0) is 37.5 Å². The summed E-state index contributed by atoms with van der Waals surface area (Å²) in [5.74, 6) is 2.44. The van der Waals surface area contributed by atoms with E-state index >= 15 is 0 Å². The van der Waals surface area contributed by atoms with Crippen molar-refractivity contribution in [3.8, 4) is 0 Å². The molecule has 0 aromatic heterocycles. The van der Waals surface area contributed by atoms with Crippen LogP contribution < -0.4 is 0 Å². The van der Waals surface area contributed by atoms with Gasteiger partial charge in [-0.3, -0.25) is 0 Å². The molecule has 0 amide bonds.